The molecule has 5 rings (SSSR count). The molecule has 1 aliphatic carbocycles. The number of alkyl halides is 3. The largest absolute Gasteiger partial charge is 0.416 e. The second kappa shape index (κ2) is 7.80. The molecule has 1 N–H and O–H groups in total. The van der Waals surface area contributed by atoms with Crippen molar-refractivity contribution < 1.29 is 22.6 Å². The Morgan fingerprint density at radius 1 is 1.03 bits per heavy atom. The first-order valence-electron chi connectivity index (χ1n) is 10.5. The molecule has 2 aliphatic rings. The zero-order valence-corrected chi connectivity index (χ0v) is 16.9. The van der Waals surface area contributed by atoms with Crippen LogP contribution in [0.3, 0.4) is 0 Å². The molecule has 0 bridgehead atoms. The number of anilines is 2. The number of rotatable bonds is 4. The maximum atomic E-state index is 12.7. The highest BCUT2D eigenvalue weighted by atomic mass is 19.4. The number of benzene rings is 1. The molecule has 2 aromatic heterocycles. The number of pyridine rings is 1. The number of nitrogens with one attached hydrogen (secondary N) is 1. The lowest BCUT2D eigenvalue weighted by Gasteiger charge is -2.35. The number of halogens is 3. The average Bonchev–Trinajstić information content (AvgIpc) is 3.37. The maximum Gasteiger partial charge on any atom is 0.416 e. The molecule has 2 fully saturated rings. The normalized spacial score (nSPS) is 19.3. The Bertz CT molecular complexity index is 1050. The summed E-state index contributed by atoms with van der Waals surface area (Å²) in [5, 5.41) is 7.53. The second-order valence-electron chi connectivity index (χ2n) is 8.18. The van der Waals surface area contributed by atoms with E-state index >= 15 is 0 Å². The lowest BCUT2D eigenvalue weighted by atomic mass is 9.82. The number of hydrogen-bond acceptors (Lipinski definition) is 5. The van der Waals surface area contributed by atoms with Crippen LogP contribution in [0.1, 0.15) is 36.9 Å². The molecule has 0 atom stereocenters. The van der Waals surface area contributed by atoms with Crippen LogP contribution in [-0.2, 0) is 22.1 Å². The summed E-state index contributed by atoms with van der Waals surface area (Å²) in [6, 6.07) is 10.7. The molecule has 1 saturated heterocycles. The van der Waals surface area contributed by atoms with E-state index in [9.17, 15) is 13.2 Å². The van der Waals surface area contributed by atoms with Crippen molar-refractivity contribution in [1.82, 2.24) is 14.6 Å². The van der Waals surface area contributed by atoms with Crippen molar-refractivity contribution >= 4 is 17.3 Å². The van der Waals surface area contributed by atoms with Crippen LogP contribution in [0.5, 0.6) is 0 Å². The van der Waals surface area contributed by atoms with Crippen molar-refractivity contribution in [3.63, 3.8) is 0 Å². The van der Waals surface area contributed by atoms with Gasteiger partial charge in [-0.25, -0.2) is 4.52 Å². The first kappa shape index (κ1) is 20.3. The summed E-state index contributed by atoms with van der Waals surface area (Å²) in [5.74, 6) is 0.497. The van der Waals surface area contributed by atoms with Crippen LogP contribution in [0.25, 0.3) is 5.65 Å². The quantitative estimate of drug-likeness (QED) is 0.631. The van der Waals surface area contributed by atoms with Gasteiger partial charge in [0.25, 0.3) is 0 Å². The molecule has 9 heteroatoms. The molecule has 1 spiro atoms. The molecule has 3 heterocycles. The maximum absolute atomic E-state index is 12.7. The predicted octanol–water partition coefficient (Wildman–Crippen LogP) is 4.97. The molecular formula is C22H23F3N4O2. The van der Waals surface area contributed by atoms with Gasteiger partial charge in [-0.1, -0.05) is 6.07 Å². The Labute approximate surface area is 177 Å². The van der Waals surface area contributed by atoms with Crippen molar-refractivity contribution in [2.75, 3.05) is 18.5 Å². The zero-order valence-electron chi connectivity index (χ0n) is 16.9. The van der Waals surface area contributed by atoms with Crippen LogP contribution in [-0.4, -0.2) is 33.6 Å². The Morgan fingerprint density at radius 2 is 1.74 bits per heavy atom. The van der Waals surface area contributed by atoms with Crippen LogP contribution in [0.4, 0.5) is 24.8 Å². The number of nitrogens with zero attached hydrogens (tertiary/aromatic N) is 3. The van der Waals surface area contributed by atoms with Crippen LogP contribution < -0.4 is 5.32 Å². The third-order valence-corrected chi connectivity index (χ3v) is 6.08. The third-order valence-electron chi connectivity index (χ3n) is 6.08. The molecule has 3 aromatic rings. The summed E-state index contributed by atoms with van der Waals surface area (Å²) in [5.41, 5.74) is 1.56. The number of aromatic nitrogens is 3. The topological polar surface area (TPSA) is 60.7 Å². The van der Waals surface area contributed by atoms with E-state index in [-0.39, 0.29) is 5.79 Å². The van der Waals surface area contributed by atoms with E-state index in [0.717, 1.165) is 49.9 Å². The molecule has 31 heavy (non-hydrogen) atoms. The lowest BCUT2D eigenvalue weighted by Crippen LogP contribution is -2.35. The Balaban J connectivity index is 1.29. The van der Waals surface area contributed by atoms with Crippen molar-refractivity contribution in [2.24, 2.45) is 5.92 Å². The van der Waals surface area contributed by atoms with E-state index in [1.54, 1.807) is 4.52 Å². The lowest BCUT2D eigenvalue weighted by molar-refractivity contribution is -0.182. The summed E-state index contributed by atoms with van der Waals surface area (Å²) < 4.78 is 51.7. The third kappa shape index (κ3) is 4.24. The highest BCUT2D eigenvalue weighted by Crippen LogP contribution is 2.39. The number of fused-ring (bicyclic) bond motifs is 1. The van der Waals surface area contributed by atoms with Crippen molar-refractivity contribution in [2.45, 2.75) is 44.1 Å². The molecule has 0 unspecified atom stereocenters. The van der Waals surface area contributed by atoms with E-state index in [1.807, 2.05) is 18.2 Å². The summed E-state index contributed by atoms with van der Waals surface area (Å²) >= 11 is 0. The van der Waals surface area contributed by atoms with Gasteiger partial charge in [-0.15, -0.1) is 5.10 Å². The number of ether oxygens (including phenoxy) is 2. The summed E-state index contributed by atoms with van der Waals surface area (Å²) in [4.78, 5) is 4.47. The van der Waals surface area contributed by atoms with Crippen LogP contribution in [0, 0.1) is 5.92 Å². The van der Waals surface area contributed by atoms with E-state index in [2.05, 4.69) is 15.4 Å². The average molecular weight is 432 g/mol. The van der Waals surface area contributed by atoms with Gasteiger partial charge >= 0.3 is 6.18 Å². The SMILES string of the molecule is FC(F)(F)c1ccc(Nc2nc3cccc(CC4CCC5(CC4)OCCO5)n3n2)cc1. The van der Waals surface area contributed by atoms with Gasteiger partial charge in [0.15, 0.2) is 11.4 Å². The van der Waals surface area contributed by atoms with Gasteiger partial charge in [-0.3, -0.25) is 0 Å². The summed E-state index contributed by atoms with van der Waals surface area (Å²) in [7, 11) is 0. The molecule has 6 nitrogen and oxygen atoms in total. The van der Waals surface area contributed by atoms with Crippen molar-refractivity contribution in [1.29, 1.82) is 0 Å². The minimum atomic E-state index is -4.36. The van der Waals surface area contributed by atoms with Gasteiger partial charge in [-0.2, -0.15) is 18.2 Å². The van der Waals surface area contributed by atoms with Crippen LogP contribution in [0.15, 0.2) is 42.5 Å². The monoisotopic (exact) mass is 432 g/mol. The zero-order chi connectivity index (χ0) is 21.5. The molecule has 0 radical (unpaired) electrons. The van der Waals surface area contributed by atoms with E-state index in [0.29, 0.717) is 36.4 Å². The smallest absolute Gasteiger partial charge is 0.348 e. The van der Waals surface area contributed by atoms with E-state index < -0.39 is 11.7 Å². The summed E-state index contributed by atoms with van der Waals surface area (Å²) in [6.07, 6.45) is 0.390. The molecule has 1 aliphatic heterocycles. The van der Waals surface area contributed by atoms with Crippen molar-refractivity contribution in [3.8, 4) is 0 Å². The highest BCUT2D eigenvalue weighted by molar-refractivity contribution is 5.56. The first-order chi connectivity index (χ1) is 14.9. The van der Waals surface area contributed by atoms with Gasteiger partial charge in [0, 0.05) is 24.2 Å². The first-order valence-corrected chi connectivity index (χ1v) is 10.5. The highest BCUT2D eigenvalue weighted by Gasteiger charge is 2.40. The van der Waals surface area contributed by atoms with Gasteiger partial charge in [0.2, 0.25) is 5.95 Å². The second-order valence-corrected chi connectivity index (χ2v) is 8.18. The van der Waals surface area contributed by atoms with Gasteiger partial charge in [0.05, 0.1) is 18.8 Å². The fourth-order valence-electron chi connectivity index (χ4n) is 4.44. The predicted molar refractivity (Wildman–Crippen MR) is 108 cm³/mol. The van der Waals surface area contributed by atoms with Crippen molar-refractivity contribution in [3.05, 3.63) is 53.7 Å². The van der Waals surface area contributed by atoms with E-state index in [1.165, 1.54) is 12.1 Å². The van der Waals surface area contributed by atoms with Gasteiger partial charge < -0.3 is 14.8 Å². The van der Waals surface area contributed by atoms with Crippen LogP contribution in [0.2, 0.25) is 0 Å². The van der Waals surface area contributed by atoms with Gasteiger partial charge in [0.1, 0.15) is 0 Å². The minimum Gasteiger partial charge on any atom is -0.348 e. The van der Waals surface area contributed by atoms with Crippen LogP contribution >= 0.6 is 0 Å². The standard InChI is InChI=1S/C22H23F3N4O2/c23-22(24,25)16-4-6-17(7-5-16)26-20-27-19-3-1-2-18(29(19)28-20)14-15-8-10-21(11-9-15)30-12-13-31-21/h1-7,15H,8-14H2,(H,26,28). The molecule has 1 aromatic carbocycles. The Morgan fingerprint density at radius 3 is 2.42 bits per heavy atom. The minimum absolute atomic E-state index is 0.350. The number of hydrogen-bond donors (Lipinski definition) is 1. The molecule has 0 amide bonds. The fraction of sp³-hybridized carbons (Fsp3) is 0.455. The molecule has 164 valence electrons. The fourth-order valence-corrected chi connectivity index (χ4v) is 4.44. The Kier molecular flexibility index (Phi) is 5.10. The summed E-state index contributed by atoms with van der Waals surface area (Å²) in [6.45, 7) is 1.36. The molecule has 1 saturated carbocycles. The molecular weight excluding hydrogens is 409 g/mol. The van der Waals surface area contributed by atoms with E-state index in [4.69, 9.17) is 9.47 Å². The van der Waals surface area contributed by atoms with Gasteiger partial charge in [-0.05, 0) is 61.6 Å². The Hall–Kier alpha value is -2.65.